The van der Waals surface area contributed by atoms with E-state index < -0.39 is 0 Å². The quantitative estimate of drug-likeness (QED) is 0.190. The number of anilines is 4. The summed E-state index contributed by atoms with van der Waals surface area (Å²) in [6, 6.07) is 31.8. The zero-order valence-electron chi connectivity index (χ0n) is 26.1. The van der Waals surface area contributed by atoms with E-state index >= 15 is 0 Å². The summed E-state index contributed by atoms with van der Waals surface area (Å²) in [6.45, 7) is 3.84. The fourth-order valence-corrected chi connectivity index (χ4v) is 6.38. The van der Waals surface area contributed by atoms with E-state index in [0.717, 1.165) is 82.4 Å². The average molecular weight is 633 g/mol. The van der Waals surface area contributed by atoms with E-state index in [9.17, 15) is 10.1 Å². The number of fused-ring (bicyclic) bond motifs is 3. The lowest BCUT2D eigenvalue weighted by Gasteiger charge is -2.28. The fourth-order valence-electron chi connectivity index (χ4n) is 6.38. The van der Waals surface area contributed by atoms with Crippen LogP contribution in [0.15, 0.2) is 110 Å². The smallest absolute Gasteiger partial charge is 0.257 e. The van der Waals surface area contributed by atoms with E-state index in [0.29, 0.717) is 24.2 Å². The van der Waals surface area contributed by atoms with Gasteiger partial charge in [0.25, 0.3) is 5.91 Å². The molecule has 0 atom stereocenters. The third kappa shape index (κ3) is 5.70. The number of carbonyl (C=O) groups is 1. The molecule has 48 heavy (non-hydrogen) atoms. The number of pyridine rings is 1. The molecule has 4 aromatic carbocycles. The third-order valence-corrected chi connectivity index (χ3v) is 8.93. The molecule has 9 heteroatoms. The zero-order chi connectivity index (χ0) is 32.5. The number of carbonyl (C=O) groups excluding carboxylic acids is 1. The van der Waals surface area contributed by atoms with Gasteiger partial charge in [-0.25, -0.2) is 0 Å². The predicted molar refractivity (Wildman–Crippen MR) is 188 cm³/mol. The molecule has 8 rings (SSSR count). The molecule has 1 fully saturated rings. The second-order valence-corrected chi connectivity index (χ2v) is 11.9. The Labute approximate surface area is 278 Å². The highest BCUT2D eigenvalue weighted by Crippen LogP contribution is 2.38. The van der Waals surface area contributed by atoms with Gasteiger partial charge in [-0.2, -0.15) is 5.26 Å². The molecule has 0 bridgehead atoms. The van der Waals surface area contributed by atoms with Gasteiger partial charge in [0.05, 0.1) is 65.8 Å². The first-order chi connectivity index (χ1) is 23.6. The van der Waals surface area contributed by atoms with Crippen LogP contribution < -0.4 is 20.3 Å². The van der Waals surface area contributed by atoms with E-state index in [-0.39, 0.29) is 5.91 Å². The van der Waals surface area contributed by atoms with Crippen LogP contribution in [-0.4, -0.2) is 48.4 Å². The molecule has 2 N–H and O–H groups in total. The molecular weight excluding hydrogens is 600 g/mol. The zero-order valence-corrected chi connectivity index (χ0v) is 26.1. The van der Waals surface area contributed by atoms with E-state index in [2.05, 4.69) is 55.5 Å². The van der Waals surface area contributed by atoms with Crippen LogP contribution in [0, 0.1) is 11.3 Å². The second-order valence-electron chi connectivity index (χ2n) is 11.9. The summed E-state index contributed by atoms with van der Waals surface area (Å²) in [5, 5.41) is 16.9. The summed E-state index contributed by atoms with van der Waals surface area (Å²) < 4.78 is 13.6. The topological polar surface area (TPSA) is 104 Å². The van der Waals surface area contributed by atoms with Crippen LogP contribution in [-0.2, 0) is 11.2 Å². The normalized spacial score (nSPS) is 13.9. The molecule has 0 radical (unpaired) electrons. The predicted octanol–water partition coefficient (Wildman–Crippen LogP) is 7.33. The van der Waals surface area contributed by atoms with Crippen molar-refractivity contribution >= 4 is 39.6 Å². The maximum absolute atomic E-state index is 13.4. The summed E-state index contributed by atoms with van der Waals surface area (Å²) in [5.74, 6) is 0.667. The largest absolute Gasteiger partial charge is 0.493 e. The van der Waals surface area contributed by atoms with Gasteiger partial charge in [0.1, 0.15) is 5.75 Å². The van der Waals surface area contributed by atoms with Crippen molar-refractivity contribution in [2.45, 2.75) is 6.42 Å². The minimum atomic E-state index is -0.166. The minimum absolute atomic E-state index is 0.166. The van der Waals surface area contributed by atoms with Crippen LogP contribution in [0.3, 0.4) is 0 Å². The number of amides is 1. The van der Waals surface area contributed by atoms with E-state index in [1.165, 1.54) is 5.69 Å². The van der Waals surface area contributed by atoms with Gasteiger partial charge >= 0.3 is 0 Å². The van der Waals surface area contributed by atoms with Gasteiger partial charge in [-0.15, -0.1) is 0 Å². The highest BCUT2D eigenvalue weighted by molar-refractivity contribution is 6.13. The minimum Gasteiger partial charge on any atom is -0.493 e. The van der Waals surface area contributed by atoms with Crippen molar-refractivity contribution in [2.75, 3.05) is 48.4 Å². The van der Waals surface area contributed by atoms with Gasteiger partial charge in [0, 0.05) is 54.2 Å². The first kappa shape index (κ1) is 29.3. The van der Waals surface area contributed by atoms with Crippen LogP contribution in [0.2, 0.25) is 0 Å². The number of nitrogens with one attached hydrogen (secondary N) is 2. The number of nitrogens with zero attached hydrogens (tertiary/aromatic N) is 4. The van der Waals surface area contributed by atoms with Gasteiger partial charge < -0.3 is 29.6 Å². The van der Waals surface area contributed by atoms with E-state index in [1.807, 2.05) is 79.0 Å². The Balaban J connectivity index is 1.00. The van der Waals surface area contributed by atoms with Crippen LogP contribution in [0.5, 0.6) is 5.75 Å². The summed E-state index contributed by atoms with van der Waals surface area (Å²) in [4.78, 5) is 20.1. The monoisotopic (exact) mass is 632 g/mol. The molecule has 2 aliphatic rings. The molecule has 1 saturated heterocycles. The van der Waals surface area contributed by atoms with Gasteiger partial charge in [-0.1, -0.05) is 12.1 Å². The Morgan fingerprint density at radius 2 is 1.65 bits per heavy atom. The SMILES string of the molecule is N#Cc1ccc(-n2cc(-c3ccc4c(c3)Nc3ccc(CCOc5ccc(N6CCOCC6)cc5)cc3NC4=O)c3ccncc32)cc1. The first-order valence-corrected chi connectivity index (χ1v) is 16.0. The molecular formula is C39H32N6O3. The molecule has 6 aromatic rings. The molecule has 0 aliphatic carbocycles. The number of ether oxygens (including phenoxy) is 2. The Bertz CT molecular complexity index is 2180. The Morgan fingerprint density at radius 1 is 0.833 bits per heavy atom. The van der Waals surface area contributed by atoms with Crippen molar-refractivity contribution in [3.63, 3.8) is 0 Å². The van der Waals surface area contributed by atoms with Crippen molar-refractivity contribution in [3.8, 4) is 28.6 Å². The summed E-state index contributed by atoms with van der Waals surface area (Å²) in [6.07, 6.45) is 6.40. The van der Waals surface area contributed by atoms with Gasteiger partial charge in [-0.3, -0.25) is 9.78 Å². The molecule has 0 saturated carbocycles. The highest BCUT2D eigenvalue weighted by atomic mass is 16.5. The molecule has 2 aliphatic heterocycles. The van der Waals surface area contributed by atoms with Crippen molar-refractivity contribution in [1.29, 1.82) is 5.26 Å². The van der Waals surface area contributed by atoms with Gasteiger partial charge in [0.15, 0.2) is 0 Å². The molecule has 2 aromatic heterocycles. The average Bonchev–Trinajstić information content (AvgIpc) is 3.46. The number of nitriles is 1. The highest BCUT2D eigenvalue weighted by Gasteiger charge is 2.21. The van der Waals surface area contributed by atoms with Crippen LogP contribution in [0.4, 0.5) is 22.7 Å². The Morgan fingerprint density at radius 3 is 2.46 bits per heavy atom. The van der Waals surface area contributed by atoms with Crippen molar-refractivity contribution in [2.24, 2.45) is 0 Å². The van der Waals surface area contributed by atoms with Crippen molar-refractivity contribution in [1.82, 2.24) is 9.55 Å². The molecule has 1 amide bonds. The van der Waals surface area contributed by atoms with Crippen molar-refractivity contribution in [3.05, 3.63) is 126 Å². The standard InChI is InChI=1S/C39H32N6O3/c40-23-27-1-5-30(6-2-27)45-25-34(32-13-15-41-24-38(32)45)28-4-11-33-36(22-28)42-35-12-3-26(21-37(35)43-39(33)46)14-18-48-31-9-7-29(8-10-31)44-16-19-47-20-17-44/h1-13,15,21-22,24-25,42H,14,16-20H2,(H,43,46). The van der Waals surface area contributed by atoms with Gasteiger partial charge in [-0.05, 0) is 90.0 Å². The Kier molecular flexibility index (Phi) is 7.69. The lowest BCUT2D eigenvalue weighted by atomic mass is 10.0. The molecule has 9 nitrogen and oxygen atoms in total. The molecule has 0 spiro atoms. The van der Waals surface area contributed by atoms with E-state index in [4.69, 9.17) is 9.47 Å². The van der Waals surface area contributed by atoms with Crippen LogP contribution in [0.1, 0.15) is 21.5 Å². The fraction of sp³-hybridized carbons (Fsp3) is 0.154. The van der Waals surface area contributed by atoms with Gasteiger partial charge in [0.2, 0.25) is 0 Å². The number of hydrogen-bond acceptors (Lipinski definition) is 7. The maximum atomic E-state index is 13.4. The third-order valence-electron chi connectivity index (χ3n) is 8.93. The summed E-state index contributed by atoms with van der Waals surface area (Å²) in [5.41, 5.74) is 9.57. The second kappa shape index (κ2) is 12.6. The number of benzene rings is 4. The lowest BCUT2D eigenvalue weighted by Crippen LogP contribution is -2.36. The Hall–Kier alpha value is -6.11. The number of morpholine rings is 1. The van der Waals surface area contributed by atoms with Crippen LogP contribution in [0.25, 0.3) is 27.7 Å². The molecule has 236 valence electrons. The van der Waals surface area contributed by atoms with Crippen molar-refractivity contribution < 1.29 is 14.3 Å². The first-order valence-electron chi connectivity index (χ1n) is 16.0. The maximum Gasteiger partial charge on any atom is 0.257 e. The lowest BCUT2D eigenvalue weighted by molar-refractivity contribution is 0.102. The number of hydrogen-bond donors (Lipinski definition) is 2. The number of rotatable bonds is 7. The van der Waals surface area contributed by atoms with E-state index in [1.54, 1.807) is 6.20 Å². The molecule has 0 unspecified atom stereocenters. The number of aromatic nitrogens is 2. The summed E-state index contributed by atoms with van der Waals surface area (Å²) in [7, 11) is 0. The van der Waals surface area contributed by atoms with Crippen LogP contribution >= 0.6 is 0 Å². The summed E-state index contributed by atoms with van der Waals surface area (Å²) >= 11 is 0. The molecule has 4 heterocycles.